The summed E-state index contributed by atoms with van der Waals surface area (Å²) >= 11 is 0. The molecule has 3 nitrogen and oxygen atoms in total. The van der Waals surface area contributed by atoms with Gasteiger partial charge in [-0.3, -0.25) is 4.79 Å². The van der Waals surface area contributed by atoms with Crippen LogP contribution in [0.3, 0.4) is 0 Å². The minimum Gasteiger partial charge on any atom is -0.391 e. The second-order valence-electron chi connectivity index (χ2n) is 3.96. The van der Waals surface area contributed by atoms with Gasteiger partial charge in [-0.15, -0.1) is 0 Å². The molecule has 0 aromatic carbocycles. The van der Waals surface area contributed by atoms with E-state index in [1.807, 2.05) is 6.92 Å². The van der Waals surface area contributed by atoms with E-state index in [0.717, 1.165) is 19.3 Å². The molecule has 0 radical (unpaired) electrons. The van der Waals surface area contributed by atoms with Gasteiger partial charge in [-0.05, 0) is 12.3 Å². The van der Waals surface area contributed by atoms with Crippen molar-refractivity contribution in [3.63, 3.8) is 0 Å². The van der Waals surface area contributed by atoms with Crippen LogP contribution in [-0.4, -0.2) is 23.7 Å². The largest absolute Gasteiger partial charge is 0.391 e. The second-order valence-corrected chi connectivity index (χ2v) is 3.96. The molecular formula is C11H23NO2. The van der Waals surface area contributed by atoms with E-state index in [0.29, 0.717) is 18.9 Å². The van der Waals surface area contributed by atoms with Gasteiger partial charge in [-0.1, -0.05) is 33.6 Å². The smallest absolute Gasteiger partial charge is 0.220 e. The van der Waals surface area contributed by atoms with E-state index >= 15 is 0 Å². The van der Waals surface area contributed by atoms with Gasteiger partial charge in [-0.2, -0.15) is 0 Å². The van der Waals surface area contributed by atoms with Crippen LogP contribution < -0.4 is 5.32 Å². The van der Waals surface area contributed by atoms with Crippen LogP contribution in [0.5, 0.6) is 0 Å². The maximum atomic E-state index is 11.3. The van der Waals surface area contributed by atoms with Crippen LogP contribution in [0, 0.1) is 5.92 Å². The Kier molecular flexibility index (Phi) is 7.48. The molecule has 0 saturated heterocycles. The molecule has 0 aromatic rings. The summed E-state index contributed by atoms with van der Waals surface area (Å²) in [5.74, 6) is 0.479. The fourth-order valence-corrected chi connectivity index (χ4v) is 1.20. The Morgan fingerprint density at radius 2 is 2.07 bits per heavy atom. The molecule has 1 amide bonds. The predicted molar refractivity (Wildman–Crippen MR) is 58.0 cm³/mol. The first-order chi connectivity index (χ1) is 6.60. The number of hydrogen-bond donors (Lipinski definition) is 2. The molecule has 2 N–H and O–H groups in total. The summed E-state index contributed by atoms with van der Waals surface area (Å²) in [4.78, 5) is 11.3. The molecule has 0 aliphatic carbocycles. The van der Waals surface area contributed by atoms with Gasteiger partial charge < -0.3 is 10.4 Å². The fourth-order valence-electron chi connectivity index (χ4n) is 1.20. The van der Waals surface area contributed by atoms with Crippen molar-refractivity contribution >= 4 is 5.91 Å². The van der Waals surface area contributed by atoms with Crippen LogP contribution in [-0.2, 0) is 4.79 Å². The van der Waals surface area contributed by atoms with Gasteiger partial charge in [0, 0.05) is 13.0 Å². The van der Waals surface area contributed by atoms with E-state index in [9.17, 15) is 9.90 Å². The lowest BCUT2D eigenvalue weighted by Crippen LogP contribution is -2.32. The number of rotatable bonds is 7. The van der Waals surface area contributed by atoms with Gasteiger partial charge in [0.05, 0.1) is 6.10 Å². The van der Waals surface area contributed by atoms with Gasteiger partial charge in [0.1, 0.15) is 0 Å². The molecular weight excluding hydrogens is 178 g/mol. The normalized spacial score (nSPS) is 14.9. The summed E-state index contributed by atoms with van der Waals surface area (Å²) < 4.78 is 0. The van der Waals surface area contributed by atoms with Crippen molar-refractivity contribution in [1.82, 2.24) is 5.32 Å². The fraction of sp³-hybridized carbons (Fsp3) is 0.909. The van der Waals surface area contributed by atoms with E-state index in [1.54, 1.807) is 0 Å². The van der Waals surface area contributed by atoms with E-state index in [2.05, 4.69) is 19.2 Å². The Hall–Kier alpha value is -0.570. The molecule has 2 unspecified atom stereocenters. The number of carbonyl (C=O) groups is 1. The lowest BCUT2D eigenvalue weighted by atomic mass is 10.1. The van der Waals surface area contributed by atoms with E-state index < -0.39 is 0 Å². The highest BCUT2D eigenvalue weighted by molar-refractivity contribution is 5.76. The van der Waals surface area contributed by atoms with Crippen molar-refractivity contribution in [3.05, 3.63) is 0 Å². The van der Waals surface area contributed by atoms with Crippen molar-refractivity contribution in [3.8, 4) is 0 Å². The van der Waals surface area contributed by atoms with E-state index in [-0.39, 0.29) is 12.0 Å². The third-order valence-corrected chi connectivity index (χ3v) is 2.39. The average molecular weight is 201 g/mol. The maximum absolute atomic E-state index is 11.3. The van der Waals surface area contributed by atoms with Gasteiger partial charge >= 0.3 is 0 Å². The summed E-state index contributed by atoms with van der Waals surface area (Å²) in [6.07, 6.45) is 2.90. The molecule has 3 heteroatoms. The summed E-state index contributed by atoms with van der Waals surface area (Å²) in [5.41, 5.74) is 0. The molecule has 0 aromatic heterocycles. The van der Waals surface area contributed by atoms with Crippen LogP contribution in [0.2, 0.25) is 0 Å². The third kappa shape index (κ3) is 6.89. The zero-order valence-electron chi connectivity index (χ0n) is 9.55. The molecule has 0 saturated carbocycles. The molecule has 0 aliphatic heterocycles. The lowest BCUT2D eigenvalue weighted by Gasteiger charge is -2.12. The molecule has 0 spiro atoms. The number of nitrogens with one attached hydrogen (secondary N) is 1. The molecule has 0 heterocycles. The molecule has 0 rings (SSSR count). The van der Waals surface area contributed by atoms with Gasteiger partial charge in [0.15, 0.2) is 0 Å². The molecule has 0 bridgehead atoms. The SMILES string of the molecule is CCCC(O)CNC(=O)CC(C)CC. The van der Waals surface area contributed by atoms with E-state index in [1.165, 1.54) is 0 Å². The first-order valence-corrected chi connectivity index (χ1v) is 5.54. The highest BCUT2D eigenvalue weighted by Gasteiger charge is 2.08. The topological polar surface area (TPSA) is 49.3 Å². The first kappa shape index (κ1) is 13.4. The predicted octanol–water partition coefficient (Wildman–Crippen LogP) is 1.70. The molecule has 0 aliphatic rings. The number of hydrogen-bond acceptors (Lipinski definition) is 2. The summed E-state index contributed by atoms with van der Waals surface area (Å²) in [5, 5.41) is 12.1. The maximum Gasteiger partial charge on any atom is 0.220 e. The second kappa shape index (κ2) is 7.80. The number of aliphatic hydroxyl groups is 1. The Morgan fingerprint density at radius 3 is 2.57 bits per heavy atom. The Morgan fingerprint density at radius 1 is 1.43 bits per heavy atom. The van der Waals surface area contributed by atoms with Crippen molar-refractivity contribution in [2.24, 2.45) is 5.92 Å². The summed E-state index contributed by atoms with van der Waals surface area (Å²) in [6.45, 7) is 6.54. The number of aliphatic hydroxyl groups excluding tert-OH is 1. The molecule has 14 heavy (non-hydrogen) atoms. The van der Waals surface area contributed by atoms with Crippen molar-refractivity contribution in [2.75, 3.05) is 6.54 Å². The molecule has 0 fully saturated rings. The average Bonchev–Trinajstić information content (AvgIpc) is 2.15. The summed E-state index contributed by atoms with van der Waals surface area (Å²) in [6, 6.07) is 0. The quantitative estimate of drug-likeness (QED) is 0.658. The standard InChI is InChI=1S/C11H23NO2/c1-4-6-10(13)8-12-11(14)7-9(3)5-2/h9-10,13H,4-8H2,1-3H3,(H,12,14). The number of amides is 1. The van der Waals surface area contributed by atoms with Crippen LogP contribution in [0.1, 0.15) is 46.5 Å². The zero-order chi connectivity index (χ0) is 11.0. The van der Waals surface area contributed by atoms with Crippen LogP contribution >= 0.6 is 0 Å². The Labute approximate surface area is 86.9 Å². The van der Waals surface area contributed by atoms with E-state index in [4.69, 9.17) is 0 Å². The molecule has 2 atom stereocenters. The van der Waals surface area contributed by atoms with Gasteiger partial charge in [-0.25, -0.2) is 0 Å². The minimum absolute atomic E-state index is 0.0505. The lowest BCUT2D eigenvalue weighted by molar-refractivity contribution is -0.122. The van der Waals surface area contributed by atoms with Crippen molar-refractivity contribution in [2.45, 2.75) is 52.6 Å². The highest BCUT2D eigenvalue weighted by Crippen LogP contribution is 2.05. The van der Waals surface area contributed by atoms with Crippen LogP contribution in [0.15, 0.2) is 0 Å². The zero-order valence-corrected chi connectivity index (χ0v) is 9.55. The number of carbonyl (C=O) groups excluding carboxylic acids is 1. The Bertz CT molecular complexity index is 159. The van der Waals surface area contributed by atoms with Crippen LogP contribution in [0.25, 0.3) is 0 Å². The van der Waals surface area contributed by atoms with Crippen molar-refractivity contribution in [1.29, 1.82) is 0 Å². The highest BCUT2D eigenvalue weighted by atomic mass is 16.3. The minimum atomic E-state index is -0.388. The Balaban J connectivity index is 3.53. The monoisotopic (exact) mass is 201 g/mol. The van der Waals surface area contributed by atoms with Crippen LogP contribution in [0.4, 0.5) is 0 Å². The third-order valence-electron chi connectivity index (χ3n) is 2.39. The van der Waals surface area contributed by atoms with Gasteiger partial charge in [0.25, 0.3) is 0 Å². The van der Waals surface area contributed by atoms with Crippen molar-refractivity contribution < 1.29 is 9.90 Å². The summed E-state index contributed by atoms with van der Waals surface area (Å²) in [7, 11) is 0. The first-order valence-electron chi connectivity index (χ1n) is 5.54. The van der Waals surface area contributed by atoms with Gasteiger partial charge in [0.2, 0.25) is 5.91 Å². The molecule has 84 valence electrons.